The van der Waals surface area contributed by atoms with Gasteiger partial charge in [0, 0.05) is 11.3 Å². The fourth-order valence-corrected chi connectivity index (χ4v) is 2.42. The molecule has 1 aromatic carbocycles. The van der Waals surface area contributed by atoms with Gasteiger partial charge in [-0.25, -0.2) is 0 Å². The molecule has 0 amide bonds. The molecule has 0 aliphatic rings. The fourth-order valence-electron chi connectivity index (χ4n) is 2.16. The lowest BCUT2D eigenvalue weighted by Crippen LogP contribution is -2.06. The van der Waals surface area contributed by atoms with Gasteiger partial charge in [0.05, 0.1) is 18.2 Å². The van der Waals surface area contributed by atoms with E-state index >= 15 is 0 Å². The first-order valence-corrected chi connectivity index (χ1v) is 6.56. The van der Waals surface area contributed by atoms with Crippen LogP contribution in [0.15, 0.2) is 28.7 Å². The van der Waals surface area contributed by atoms with Gasteiger partial charge >= 0.3 is 0 Å². The molecule has 0 radical (unpaired) electrons. The maximum Gasteiger partial charge on any atom is 0.137 e. The second-order valence-electron chi connectivity index (χ2n) is 4.58. The van der Waals surface area contributed by atoms with Crippen molar-refractivity contribution in [2.24, 2.45) is 0 Å². The monoisotopic (exact) mass is 279 g/mol. The summed E-state index contributed by atoms with van der Waals surface area (Å²) in [5.41, 5.74) is 2.11. The predicted molar refractivity (Wildman–Crippen MR) is 78.2 cm³/mol. The van der Waals surface area contributed by atoms with Crippen LogP contribution < -0.4 is 10.1 Å². The van der Waals surface area contributed by atoms with Gasteiger partial charge in [0.25, 0.3) is 0 Å². The van der Waals surface area contributed by atoms with Crippen LogP contribution in [-0.4, -0.2) is 7.11 Å². The fraction of sp³-hybridized carbons (Fsp3) is 0.333. The molecular formula is C15H18ClNO2. The second-order valence-corrected chi connectivity index (χ2v) is 4.99. The van der Waals surface area contributed by atoms with Gasteiger partial charge in [0.2, 0.25) is 0 Å². The Morgan fingerprint density at radius 3 is 2.53 bits per heavy atom. The highest BCUT2D eigenvalue weighted by atomic mass is 35.5. The Kier molecular flexibility index (Phi) is 4.05. The number of furan rings is 1. The van der Waals surface area contributed by atoms with Gasteiger partial charge in [-0.15, -0.1) is 0 Å². The maximum absolute atomic E-state index is 6.11. The molecule has 0 aliphatic heterocycles. The number of ether oxygens (including phenoxy) is 1. The molecule has 1 unspecified atom stereocenters. The van der Waals surface area contributed by atoms with Crippen LogP contribution in [0.2, 0.25) is 5.02 Å². The van der Waals surface area contributed by atoms with E-state index in [1.54, 1.807) is 7.11 Å². The number of anilines is 1. The minimum absolute atomic E-state index is 0.155. The van der Waals surface area contributed by atoms with Gasteiger partial charge in [-0.1, -0.05) is 11.6 Å². The Labute approximate surface area is 118 Å². The molecule has 0 aliphatic carbocycles. The number of nitrogens with one attached hydrogen (secondary N) is 1. The van der Waals surface area contributed by atoms with E-state index in [4.69, 9.17) is 20.8 Å². The summed E-state index contributed by atoms with van der Waals surface area (Å²) in [4.78, 5) is 0. The molecule has 1 heterocycles. The van der Waals surface area contributed by atoms with Crippen LogP contribution in [0.4, 0.5) is 5.69 Å². The molecule has 0 fully saturated rings. The van der Waals surface area contributed by atoms with Gasteiger partial charge in [-0.2, -0.15) is 0 Å². The molecule has 2 rings (SSSR count). The predicted octanol–water partition coefficient (Wildman–Crippen LogP) is 4.73. The molecule has 4 heteroatoms. The molecule has 102 valence electrons. The van der Waals surface area contributed by atoms with Gasteiger partial charge < -0.3 is 14.5 Å². The molecule has 1 aromatic heterocycles. The van der Waals surface area contributed by atoms with Crippen LogP contribution in [0.3, 0.4) is 0 Å². The average molecular weight is 280 g/mol. The van der Waals surface area contributed by atoms with E-state index in [9.17, 15) is 0 Å². The van der Waals surface area contributed by atoms with E-state index < -0.39 is 0 Å². The molecule has 3 nitrogen and oxygen atoms in total. The zero-order chi connectivity index (χ0) is 14.0. The third-order valence-corrected chi connectivity index (χ3v) is 3.38. The lowest BCUT2D eigenvalue weighted by Gasteiger charge is -2.15. The van der Waals surface area contributed by atoms with Crippen molar-refractivity contribution in [3.05, 3.63) is 46.4 Å². The molecule has 0 bridgehead atoms. The highest BCUT2D eigenvalue weighted by Gasteiger charge is 2.13. The minimum atomic E-state index is 0.155. The van der Waals surface area contributed by atoms with Gasteiger partial charge in [0.1, 0.15) is 17.3 Å². The van der Waals surface area contributed by atoms with Crippen molar-refractivity contribution in [2.45, 2.75) is 26.8 Å². The van der Waals surface area contributed by atoms with Crippen LogP contribution in [0.25, 0.3) is 0 Å². The summed E-state index contributed by atoms with van der Waals surface area (Å²) in [5.74, 6) is 2.54. The third kappa shape index (κ3) is 3.04. The van der Waals surface area contributed by atoms with Crippen molar-refractivity contribution in [1.29, 1.82) is 0 Å². The van der Waals surface area contributed by atoms with Crippen molar-refractivity contribution in [1.82, 2.24) is 0 Å². The first kappa shape index (κ1) is 13.8. The van der Waals surface area contributed by atoms with E-state index in [0.717, 1.165) is 22.8 Å². The lowest BCUT2D eigenvalue weighted by molar-refractivity contribution is 0.415. The summed E-state index contributed by atoms with van der Waals surface area (Å²) in [6, 6.07) is 7.87. The standard InChI is InChI=1S/C15H18ClNO2/c1-9-7-13(11(3)19-9)10(2)17-12-5-6-15(18-4)14(16)8-12/h5-8,10,17H,1-4H3. The van der Waals surface area contributed by atoms with E-state index in [1.165, 1.54) is 0 Å². The SMILES string of the molecule is COc1ccc(NC(C)c2cc(C)oc2C)cc1Cl. The van der Waals surface area contributed by atoms with E-state index in [2.05, 4.69) is 18.3 Å². The van der Waals surface area contributed by atoms with E-state index in [0.29, 0.717) is 10.8 Å². The molecule has 1 atom stereocenters. The minimum Gasteiger partial charge on any atom is -0.495 e. The van der Waals surface area contributed by atoms with Crippen LogP contribution in [0, 0.1) is 13.8 Å². The molecule has 2 aromatic rings. The number of benzene rings is 1. The Morgan fingerprint density at radius 2 is 2.00 bits per heavy atom. The Bertz CT molecular complexity index is 578. The number of hydrogen-bond acceptors (Lipinski definition) is 3. The molecule has 0 spiro atoms. The summed E-state index contributed by atoms with van der Waals surface area (Å²) in [6.07, 6.45) is 0. The number of aryl methyl sites for hydroxylation is 2. The summed E-state index contributed by atoms with van der Waals surface area (Å²) in [6.45, 7) is 6.02. The number of methoxy groups -OCH3 is 1. The second kappa shape index (κ2) is 5.57. The van der Waals surface area contributed by atoms with Crippen molar-refractivity contribution >= 4 is 17.3 Å². The first-order chi connectivity index (χ1) is 9.01. The van der Waals surface area contributed by atoms with Gasteiger partial charge in [-0.3, -0.25) is 0 Å². The van der Waals surface area contributed by atoms with Crippen LogP contribution in [-0.2, 0) is 0 Å². The van der Waals surface area contributed by atoms with Crippen molar-refractivity contribution in [2.75, 3.05) is 12.4 Å². The Hall–Kier alpha value is -1.61. The molecular weight excluding hydrogens is 262 g/mol. The maximum atomic E-state index is 6.11. The number of rotatable bonds is 4. The largest absolute Gasteiger partial charge is 0.495 e. The van der Waals surface area contributed by atoms with Crippen LogP contribution in [0.5, 0.6) is 5.75 Å². The number of hydrogen-bond donors (Lipinski definition) is 1. The highest BCUT2D eigenvalue weighted by molar-refractivity contribution is 6.32. The topological polar surface area (TPSA) is 34.4 Å². The first-order valence-electron chi connectivity index (χ1n) is 6.18. The average Bonchev–Trinajstić information content (AvgIpc) is 2.69. The van der Waals surface area contributed by atoms with Crippen LogP contribution in [0.1, 0.15) is 30.0 Å². The quantitative estimate of drug-likeness (QED) is 0.878. The zero-order valence-electron chi connectivity index (χ0n) is 11.6. The van der Waals surface area contributed by atoms with Gasteiger partial charge in [0.15, 0.2) is 0 Å². The van der Waals surface area contributed by atoms with Crippen molar-refractivity contribution in [3.8, 4) is 5.75 Å². The van der Waals surface area contributed by atoms with E-state index in [1.807, 2.05) is 32.0 Å². The summed E-state index contributed by atoms with van der Waals surface area (Å²) >= 11 is 6.11. The lowest BCUT2D eigenvalue weighted by atomic mass is 10.1. The normalized spacial score (nSPS) is 12.3. The molecule has 0 saturated heterocycles. The summed E-state index contributed by atoms with van der Waals surface area (Å²) in [5, 5.41) is 4.00. The summed E-state index contributed by atoms with van der Waals surface area (Å²) in [7, 11) is 1.61. The Balaban J connectivity index is 2.17. The Morgan fingerprint density at radius 1 is 1.26 bits per heavy atom. The summed E-state index contributed by atoms with van der Waals surface area (Å²) < 4.78 is 10.7. The zero-order valence-corrected chi connectivity index (χ0v) is 12.3. The van der Waals surface area contributed by atoms with E-state index in [-0.39, 0.29) is 6.04 Å². The number of halogens is 1. The molecule has 1 N–H and O–H groups in total. The highest BCUT2D eigenvalue weighted by Crippen LogP contribution is 2.30. The van der Waals surface area contributed by atoms with Crippen molar-refractivity contribution in [3.63, 3.8) is 0 Å². The molecule has 0 saturated carbocycles. The smallest absolute Gasteiger partial charge is 0.137 e. The molecule has 19 heavy (non-hydrogen) atoms. The third-order valence-electron chi connectivity index (χ3n) is 3.08. The van der Waals surface area contributed by atoms with Gasteiger partial charge in [-0.05, 0) is 45.0 Å². The van der Waals surface area contributed by atoms with Crippen molar-refractivity contribution < 1.29 is 9.15 Å². The van der Waals surface area contributed by atoms with Crippen LogP contribution >= 0.6 is 11.6 Å².